The zero-order valence-corrected chi connectivity index (χ0v) is 16.2. The van der Waals surface area contributed by atoms with Crippen LogP contribution >= 0.6 is 12.4 Å². The Kier molecular flexibility index (Phi) is 8.14. The molecular formula is C16H26ClN3O4S. The number of nitrogens with two attached hydrogens (primary N) is 1. The normalized spacial score (nSPS) is 15.9. The number of hydrogen-bond donors (Lipinski definition) is 1. The molecule has 0 aliphatic carbocycles. The van der Waals surface area contributed by atoms with Gasteiger partial charge in [-0.25, -0.2) is 8.42 Å². The molecule has 2 N–H and O–H groups in total. The molecule has 25 heavy (non-hydrogen) atoms. The van der Waals surface area contributed by atoms with Gasteiger partial charge in [0.25, 0.3) is 5.91 Å². The fraction of sp³-hybridized carbons (Fsp3) is 0.562. The van der Waals surface area contributed by atoms with Crippen LogP contribution in [0, 0.1) is 0 Å². The molecule has 142 valence electrons. The largest absolute Gasteiger partial charge is 0.399 e. The topological polar surface area (TPSA) is 92.9 Å². The van der Waals surface area contributed by atoms with Crippen molar-refractivity contribution in [3.8, 4) is 0 Å². The van der Waals surface area contributed by atoms with E-state index in [1.54, 1.807) is 29.2 Å². The van der Waals surface area contributed by atoms with E-state index in [0.717, 1.165) is 0 Å². The van der Waals surface area contributed by atoms with Gasteiger partial charge >= 0.3 is 0 Å². The highest BCUT2D eigenvalue weighted by molar-refractivity contribution is 7.89. The third-order valence-corrected chi connectivity index (χ3v) is 5.68. The van der Waals surface area contributed by atoms with E-state index in [1.807, 2.05) is 13.8 Å². The maximum Gasteiger partial charge on any atom is 0.254 e. The Morgan fingerprint density at radius 2 is 1.88 bits per heavy atom. The molecule has 0 atom stereocenters. The molecule has 0 radical (unpaired) electrons. The minimum absolute atomic E-state index is 0. The van der Waals surface area contributed by atoms with Gasteiger partial charge in [0.05, 0.1) is 18.5 Å². The van der Waals surface area contributed by atoms with Crippen LogP contribution < -0.4 is 5.73 Å². The molecule has 1 saturated heterocycles. The Morgan fingerprint density at radius 1 is 1.24 bits per heavy atom. The van der Waals surface area contributed by atoms with Crippen molar-refractivity contribution in [2.75, 3.05) is 44.3 Å². The first-order valence-corrected chi connectivity index (χ1v) is 9.65. The van der Waals surface area contributed by atoms with Crippen LogP contribution in [-0.2, 0) is 14.8 Å². The summed E-state index contributed by atoms with van der Waals surface area (Å²) >= 11 is 0. The number of nitrogens with zero attached hydrogens (tertiary/aromatic N) is 2. The van der Waals surface area contributed by atoms with Crippen LogP contribution in [0.4, 0.5) is 5.69 Å². The summed E-state index contributed by atoms with van der Waals surface area (Å²) in [7, 11) is -3.35. The molecular weight excluding hydrogens is 366 g/mol. The highest BCUT2D eigenvalue weighted by Gasteiger charge is 2.29. The third-order valence-electron chi connectivity index (χ3n) is 3.85. The van der Waals surface area contributed by atoms with Crippen LogP contribution in [0.5, 0.6) is 0 Å². The third kappa shape index (κ3) is 6.14. The lowest BCUT2D eigenvalue weighted by atomic mass is 10.1. The second kappa shape index (κ2) is 9.38. The van der Waals surface area contributed by atoms with E-state index in [0.29, 0.717) is 37.4 Å². The van der Waals surface area contributed by atoms with Crippen molar-refractivity contribution in [2.24, 2.45) is 0 Å². The molecule has 1 fully saturated rings. The minimum Gasteiger partial charge on any atom is -0.399 e. The van der Waals surface area contributed by atoms with E-state index < -0.39 is 10.0 Å². The number of nitrogen functional groups attached to an aromatic ring is 1. The summed E-state index contributed by atoms with van der Waals surface area (Å²) in [5.74, 6) is -0.156. The summed E-state index contributed by atoms with van der Waals surface area (Å²) < 4.78 is 31.3. The molecule has 0 bridgehead atoms. The van der Waals surface area contributed by atoms with Crippen LogP contribution in [0.3, 0.4) is 0 Å². The molecule has 1 amide bonds. The van der Waals surface area contributed by atoms with Crippen molar-refractivity contribution in [3.05, 3.63) is 29.8 Å². The van der Waals surface area contributed by atoms with Crippen LogP contribution in [0.25, 0.3) is 0 Å². The monoisotopic (exact) mass is 391 g/mol. The van der Waals surface area contributed by atoms with Gasteiger partial charge in [-0.15, -0.1) is 12.4 Å². The Balaban J connectivity index is 0.00000312. The van der Waals surface area contributed by atoms with Gasteiger partial charge in [-0.05, 0) is 32.0 Å². The van der Waals surface area contributed by atoms with Gasteiger partial charge in [-0.2, -0.15) is 4.31 Å². The SMILES string of the molecule is CC(C)OCCS(=O)(=O)N1CCN(C(=O)c2cccc(N)c2)CC1.Cl. The quantitative estimate of drug-likeness (QED) is 0.735. The molecule has 0 unspecified atom stereocenters. The smallest absolute Gasteiger partial charge is 0.254 e. The Morgan fingerprint density at radius 3 is 2.44 bits per heavy atom. The second-order valence-corrected chi connectivity index (χ2v) is 8.14. The molecule has 0 aromatic heterocycles. The van der Waals surface area contributed by atoms with Gasteiger partial charge in [0.15, 0.2) is 0 Å². The van der Waals surface area contributed by atoms with Crippen molar-refractivity contribution in [1.29, 1.82) is 0 Å². The molecule has 1 aliphatic heterocycles. The van der Waals surface area contributed by atoms with Crippen molar-refractivity contribution in [1.82, 2.24) is 9.21 Å². The molecule has 0 saturated carbocycles. The lowest BCUT2D eigenvalue weighted by molar-refractivity contribution is 0.0693. The van der Waals surface area contributed by atoms with Gasteiger partial charge in [-0.3, -0.25) is 4.79 Å². The fourth-order valence-corrected chi connectivity index (χ4v) is 3.83. The standard InChI is InChI=1S/C16H25N3O4S.ClH/c1-13(2)23-10-11-24(21,22)19-8-6-18(7-9-19)16(20)14-4-3-5-15(17)12-14;/h3-5,12-13H,6-11,17H2,1-2H3;1H. The van der Waals surface area contributed by atoms with Crippen molar-refractivity contribution >= 4 is 34.0 Å². The number of anilines is 1. The van der Waals surface area contributed by atoms with Crippen LogP contribution in [0.15, 0.2) is 24.3 Å². The molecule has 2 rings (SSSR count). The lowest BCUT2D eigenvalue weighted by Crippen LogP contribution is -2.51. The maximum atomic E-state index is 12.4. The Labute approximate surface area is 155 Å². The van der Waals surface area contributed by atoms with E-state index in [-0.39, 0.29) is 36.8 Å². The molecule has 0 spiro atoms. The number of piperazine rings is 1. The number of ether oxygens (including phenoxy) is 1. The fourth-order valence-electron chi connectivity index (χ4n) is 2.54. The zero-order valence-electron chi connectivity index (χ0n) is 14.6. The van der Waals surface area contributed by atoms with Gasteiger partial charge in [0.2, 0.25) is 10.0 Å². The van der Waals surface area contributed by atoms with Gasteiger partial charge in [0.1, 0.15) is 0 Å². The number of carbonyl (C=O) groups excluding carboxylic acids is 1. The lowest BCUT2D eigenvalue weighted by Gasteiger charge is -2.34. The number of hydrogen-bond acceptors (Lipinski definition) is 5. The number of halogens is 1. The molecule has 1 aliphatic rings. The van der Waals surface area contributed by atoms with E-state index in [1.165, 1.54) is 4.31 Å². The first-order chi connectivity index (χ1) is 11.3. The highest BCUT2D eigenvalue weighted by atomic mass is 35.5. The van der Waals surface area contributed by atoms with E-state index in [9.17, 15) is 13.2 Å². The molecule has 1 aromatic rings. The molecule has 1 heterocycles. The first-order valence-electron chi connectivity index (χ1n) is 8.04. The zero-order chi connectivity index (χ0) is 17.7. The average Bonchev–Trinajstić information content (AvgIpc) is 2.54. The number of sulfonamides is 1. The van der Waals surface area contributed by atoms with Gasteiger partial charge in [0, 0.05) is 37.4 Å². The molecule has 9 heteroatoms. The summed E-state index contributed by atoms with van der Waals surface area (Å²) in [6.45, 7) is 5.27. The summed E-state index contributed by atoms with van der Waals surface area (Å²) in [5.41, 5.74) is 6.76. The average molecular weight is 392 g/mol. The van der Waals surface area contributed by atoms with Gasteiger partial charge < -0.3 is 15.4 Å². The van der Waals surface area contributed by atoms with E-state index >= 15 is 0 Å². The molecule has 1 aromatic carbocycles. The molecule has 7 nitrogen and oxygen atoms in total. The highest BCUT2D eigenvalue weighted by Crippen LogP contribution is 2.14. The van der Waals surface area contributed by atoms with E-state index in [4.69, 9.17) is 10.5 Å². The van der Waals surface area contributed by atoms with Crippen LogP contribution in [0.2, 0.25) is 0 Å². The number of amides is 1. The van der Waals surface area contributed by atoms with E-state index in [2.05, 4.69) is 0 Å². The van der Waals surface area contributed by atoms with Crippen molar-refractivity contribution in [3.63, 3.8) is 0 Å². The van der Waals surface area contributed by atoms with Gasteiger partial charge in [-0.1, -0.05) is 6.07 Å². The van der Waals surface area contributed by atoms with Crippen LogP contribution in [0.1, 0.15) is 24.2 Å². The first kappa shape index (κ1) is 21.7. The Bertz CT molecular complexity index is 674. The maximum absolute atomic E-state index is 12.4. The van der Waals surface area contributed by atoms with Crippen molar-refractivity contribution in [2.45, 2.75) is 20.0 Å². The second-order valence-electron chi connectivity index (χ2n) is 6.05. The Hall–Kier alpha value is -1.35. The summed E-state index contributed by atoms with van der Waals surface area (Å²) in [6, 6.07) is 6.80. The number of carbonyl (C=O) groups is 1. The number of rotatable bonds is 6. The minimum atomic E-state index is -3.35. The van der Waals surface area contributed by atoms with Crippen LogP contribution in [-0.4, -0.2) is 68.2 Å². The summed E-state index contributed by atoms with van der Waals surface area (Å²) in [6.07, 6.45) is 0.00739. The number of benzene rings is 1. The predicted octanol–water partition coefficient (Wildman–Crippen LogP) is 1.20. The summed E-state index contributed by atoms with van der Waals surface area (Å²) in [4.78, 5) is 14.1. The van der Waals surface area contributed by atoms with Crippen molar-refractivity contribution < 1.29 is 17.9 Å². The predicted molar refractivity (Wildman–Crippen MR) is 100 cm³/mol. The summed E-state index contributed by atoms with van der Waals surface area (Å²) in [5, 5.41) is 0.